The molecule has 0 saturated carbocycles. The molecule has 0 aliphatic carbocycles. The molecule has 4 rings (SSSR count). The highest BCUT2D eigenvalue weighted by molar-refractivity contribution is 5.86. The van der Waals surface area contributed by atoms with E-state index < -0.39 is 0 Å². The fraction of sp³-hybridized carbons (Fsp3) is 0.500. The second-order valence-electron chi connectivity index (χ2n) is 7.37. The van der Waals surface area contributed by atoms with E-state index in [1.165, 1.54) is 0 Å². The highest BCUT2D eigenvalue weighted by atomic mass is 16.2. The average Bonchev–Trinajstić information content (AvgIpc) is 3.32. The lowest BCUT2D eigenvalue weighted by Gasteiger charge is -2.33. The van der Waals surface area contributed by atoms with Crippen molar-refractivity contribution < 1.29 is 9.59 Å². The van der Waals surface area contributed by atoms with Crippen LogP contribution in [0.3, 0.4) is 0 Å². The Bertz CT molecular complexity index is 804. The third-order valence-corrected chi connectivity index (χ3v) is 5.46. The summed E-state index contributed by atoms with van der Waals surface area (Å²) in [5, 5.41) is 0. The first-order valence-corrected chi connectivity index (χ1v) is 9.66. The van der Waals surface area contributed by atoms with Gasteiger partial charge < -0.3 is 14.4 Å². The predicted molar refractivity (Wildman–Crippen MR) is 99.9 cm³/mol. The van der Waals surface area contributed by atoms with E-state index in [0.717, 1.165) is 43.7 Å². The summed E-state index contributed by atoms with van der Waals surface area (Å²) in [5.74, 6) is 1.40. The summed E-state index contributed by atoms with van der Waals surface area (Å²) in [5.41, 5.74) is 1.13. The van der Waals surface area contributed by atoms with E-state index in [0.29, 0.717) is 19.5 Å². The fourth-order valence-electron chi connectivity index (χ4n) is 4.05. The molecule has 0 spiro atoms. The van der Waals surface area contributed by atoms with Crippen LogP contribution in [0.25, 0.3) is 0 Å². The van der Waals surface area contributed by atoms with Crippen LogP contribution in [0.4, 0.5) is 0 Å². The summed E-state index contributed by atoms with van der Waals surface area (Å²) in [6.45, 7) is 3.09. The van der Waals surface area contributed by atoms with Gasteiger partial charge in [-0.15, -0.1) is 0 Å². The molecule has 142 valence electrons. The van der Waals surface area contributed by atoms with Crippen LogP contribution in [0.1, 0.15) is 43.0 Å². The quantitative estimate of drug-likeness (QED) is 0.806. The van der Waals surface area contributed by atoms with Crippen molar-refractivity contribution >= 4 is 11.8 Å². The Hall–Kier alpha value is -2.70. The number of carbonyl (C=O) groups is 2. The zero-order chi connectivity index (χ0) is 18.6. The number of carbonyl (C=O) groups excluding carboxylic acids is 2. The number of aromatic nitrogens is 3. The van der Waals surface area contributed by atoms with Gasteiger partial charge in [0.1, 0.15) is 5.82 Å². The molecule has 2 saturated heterocycles. The van der Waals surface area contributed by atoms with Gasteiger partial charge in [0, 0.05) is 56.8 Å². The highest BCUT2D eigenvalue weighted by Crippen LogP contribution is 2.26. The summed E-state index contributed by atoms with van der Waals surface area (Å²) in [6.07, 6.45) is 10.9. The SMILES string of the molecule is O=C1CCCN1CC(=O)N1CCC[C@@H](c2nccn2Cc2cccnc2)C1. The molecular formula is C20H25N5O2. The van der Waals surface area contributed by atoms with Crippen LogP contribution in [-0.2, 0) is 16.1 Å². The van der Waals surface area contributed by atoms with E-state index in [9.17, 15) is 9.59 Å². The highest BCUT2D eigenvalue weighted by Gasteiger charge is 2.30. The minimum Gasteiger partial charge on any atom is -0.340 e. The van der Waals surface area contributed by atoms with Crippen molar-refractivity contribution in [2.75, 3.05) is 26.2 Å². The Morgan fingerprint density at radius 2 is 2.15 bits per heavy atom. The summed E-state index contributed by atoms with van der Waals surface area (Å²) >= 11 is 0. The molecule has 0 unspecified atom stereocenters. The molecule has 7 heteroatoms. The predicted octanol–water partition coefficient (Wildman–Crippen LogP) is 1.65. The van der Waals surface area contributed by atoms with E-state index in [4.69, 9.17) is 0 Å². The van der Waals surface area contributed by atoms with Gasteiger partial charge in [0.25, 0.3) is 0 Å². The van der Waals surface area contributed by atoms with Crippen LogP contribution in [0, 0.1) is 0 Å². The lowest BCUT2D eigenvalue weighted by molar-refractivity contribution is -0.139. The molecular weight excluding hydrogens is 342 g/mol. The number of hydrogen-bond donors (Lipinski definition) is 0. The Morgan fingerprint density at radius 1 is 1.22 bits per heavy atom. The van der Waals surface area contributed by atoms with Gasteiger partial charge in [-0.2, -0.15) is 0 Å². The summed E-state index contributed by atoms with van der Waals surface area (Å²) in [4.78, 5) is 36.8. The van der Waals surface area contributed by atoms with Crippen LogP contribution in [-0.4, -0.2) is 62.3 Å². The number of piperidine rings is 1. The standard InChI is InChI=1S/C20H25N5O2/c26-18-6-3-10-24(18)15-19(27)23-9-2-5-17(14-23)20-22-8-11-25(20)13-16-4-1-7-21-12-16/h1,4,7-8,11-12,17H,2-3,5-6,9-10,13-15H2/t17-/m1/s1. The molecule has 27 heavy (non-hydrogen) atoms. The molecule has 0 bridgehead atoms. The van der Waals surface area contributed by atoms with Crippen LogP contribution >= 0.6 is 0 Å². The normalized spacial score (nSPS) is 20.3. The van der Waals surface area contributed by atoms with Crippen molar-refractivity contribution in [2.45, 2.75) is 38.1 Å². The maximum atomic E-state index is 12.7. The zero-order valence-electron chi connectivity index (χ0n) is 15.5. The molecule has 0 N–H and O–H groups in total. The van der Waals surface area contributed by atoms with Crippen molar-refractivity contribution in [1.29, 1.82) is 0 Å². The molecule has 2 fully saturated rings. The molecule has 2 aromatic rings. The van der Waals surface area contributed by atoms with Crippen molar-refractivity contribution in [3.05, 3.63) is 48.3 Å². The monoisotopic (exact) mass is 367 g/mol. The van der Waals surface area contributed by atoms with E-state index in [2.05, 4.69) is 20.6 Å². The Labute approximate surface area is 159 Å². The number of hydrogen-bond acceptors (Lipinski definition) is 4. The first kappa shape index (κ1) is 17.7. The van der Waals surface area contributed by atoms with E-state index in [1.54, 1.807) is 11.1 Å². The van der Waals surface area contributed by atoms with Gasteiger partial charge in [0.05, 0.1) is 13.1 Å². The van der Waals surface area contributed by atoms with Crippen molar-refractivity contribution in [3.63, 3.8) is 0 Å². The molecule has 2 amide bonds. The molecule has 7 nitrogen and oxygen atoms in total. The minimum absolute atomic E-state index is 0.0558. The first-order chi connectivity index (χ1) is 13.2. The van der Waals surface area contributed by atoms with Crippen molar-refractivity contribution in [2.24, 2.45) is 0 Å². The van der Waals surface area contributed by atoms with Gasteiger partial charge in [-0.05, 0) is 30.9 Å². The first-order valence-electron chi connectivity index (χ1n) is 9.66. The van der Waals surface area contributed by atoms with Crippen LogP contribution in [0.5, 0.6) is 0 Å². The summed E-state index contributed by atoms with van der Waals surface area (Å²) in [7, 11) is 0. The van der Waals surface area contributed by atoms with Gasteiger partial charge in [-0.3, -0.25) is 14.6 Å². The number of amides is 2. The molecule has 2 aliphatic rings. The second kappa shape index (κ2) is 7.90. The van der Waals surface area contributed by atoms with Gasteiger partial charge in [-0.25, -0.2) is 4.98 Å². The van der Waals surface area contributed by atoms with E-state index in [1.807, 2.05) is 29.6 Å². The van der Waals surface area contributed by atoms with Gasteiger partial charge in [0.15, 0.2) is 0 Å². The van der Waals surface area contributed by atoms with Crippen LogP contribution < -0.4 is 0 Å². The minimum atomic E-state index is 0.0558. The maximum Gasteiger partial charge on any atom is 0.242 e. The van der Waals surface area contributed by atoms with Crippen molar-refractivity contribution in [1.82, 2.24) is 24.3 Å². The second-order valence-corrected chi connectivity index (χ2v) is 7.37. The van der Waals surface area contributed by atoms with E-state index >= 15 is 0 Å². The van der Waals surface area contributed by atoms with Crippen molar-refractivity contribution in [3.8, 4) is 0 Å². The van der Waals surface area contributed by atoms with Crippen LogP contribution in [0.15, 0.2) is 36.9 Å². The number of imidazole rings is 1. The Morgan fingerprint density at radius 3 is 2.93 bits per heavy atom. The number of nitrogens with zero attached hydrogens (tertiary/aromatic N) is 5. The maximum absolute atomic E-state index is 12.7. The zero-order valence-corrected chi connectivity index (χ0v) is 15.5. The topological polar surface area (TPSA) is 71.3 Å². The van der Waals surface area contributed by atoms with Gasteiger partial charge in [-0.1, -0.05) is 6.07 Å². The van der Waals surface area contributed by atoms with Gasteiger partial charge >= 0.3 is 0 Å². The third-order valence-electron chi connectivity index (χ3n) is 5.46. The number of pyridine rings is 1. The number of likely N-dealkylation sites (tertiary alicyclic amines) is 2. The van der Waals surface area contributed by atoms with E-state index in [-0.39, 0.29) is 24.3 Å². The third kappa shape index (κ3) is 4.02. The molecule has 2 aromatic heterocycles. The molecule has 0 aromatic carbocycles. The largest absolute Gasteiger partial charge is 0.340 e. The molecule has 2 aliphatic heterocycles. The van der Waals surface area contributed by atoms with Crippen LogP contribution in [0.2, 0.25) is 0 Å². The number of rotatable bonds is 5. The lowest BCUT2D eigenvalue weighted by Crippen LogP contribution is -2.45. The smallest absolute Gasteiger partial charge is 0.242 e. The fourth-order valence-corrected chi connectivity index (χ4v) is 4.05. The lowest BCUT2D eigenvalue weighted by atomic mass is 9.97. The summed E-state index contributed by atoms with van der Waals surface area (Å²) in [6, 6.07) is 3.99. The summed E-state index contributed by atoms with van der Waals surface area (Å²) < 4.78 is 2.15. The molecule has 4 heterocycles. The molecule has 1 atom stereocenters. The Kier molecular flexibility index (Phi) is 5.18. The average molecular weight is 367 g/mol. The van der Waals surface area contributed by atoms with Gasteiger partial charge in [0.2, 0.25) is 11.8 Å². The molecule has 0 radical (unpaired) electrons. The Balaban J connectivity index is 1.42.